The first-order valence-electron chi connectivity index (χ1n) is 11.2. The number of likely N-dealkylation sites (tertiary alicyclic amines) is 2. The molecule has 27 heavy (non-hydrogen) atoms. The number of rotatable bonds is 5. The molecule has 0 aromatic carbocycles. The van der Waals surface area contributed by atoms with Gasteiger partial charge in [0, 0.05) is 18.1 Å². The summed E-state index contributed by atoms with van der Waals surface area (Å²) in [6.45, 7) is 9.02. The number of nitrogens with zero attached hydrogens (tertiary/aromatic N) is 3. The lowest BCUT2D eigenvalue weighted by Gasteiger charge is -2.49. The molecule has 2 heterocycles. The third-order valence-corrected chi connectivity index (χ3v) is 6.77. The van der Waals surface area contributed by atoms with Gasteiger partial charge in [0.05, 0.1) is 6.54 Å². The van der Waals surface area contributed by atoms with Crippen LogP contribution in [0.2, 0.25) is 0 Å². The molecule has 3 aliphatic rings. The number of guanidine groups is 1. The summed E-state index contributed by atoms with van der Waals surface area (Å²) in [5, 5.41) is 7.24. The fraction of sp³-hybridized carbons (Fsp3) is 0.952. The van der Waals surface area contributed by atoms with Crippen LogP contribution in [0.5, 0.6) is 0 Å². The summed E-state index contributed by atoms with van der Waals surface area (Å²) >= 11 is 0. The first-order valence-corrected chi connectivity index (χ1v) is 11.2. The predicted molar refractivity (Wildman–Crippen MR) is 126 cm³/mol. The van der Waals surface area contributed by atoms with Crippen LogP contribution in [0.25, 0.3) is 0 Å². The molecule has 0 atom stereocenters. The molecule has 0 amide bonds. The van der Waals surface area contributed by atoms with Crippen molar-refractivity contribution in [2.45, 2.75) is 82.7 Å². The highest BCUT2D eigenvalue weighted by Crippen LogP contribution is 2.31. The third-order valence-electron chi connectivity index (χ3n) is 6.77. The zero-order chi connectivity index (χ0) is 18.2. The van der Waals surface area contributed by atoms with Crippen molar-refractivity contribution in [1.82, 2.24) is 20.4 Å². The van der Waals surface area contributed by atoms with Crippen LogP contribution in [0.3, 0.4) is 0 Å². The first-order chi connectivity index (χ1) is 12.7. The van der Waals surface area contributed by atoms with Gasteiger partial charge in [0.1, 0.15) is 0 Å². The zero-order valence-electron chi connectivity index (χ0n) is 17.6. The average Bonchev–Trinajstić information content (AvgIpc) is 2.69. The van der Waals surface area contributed by atoms with Crippen LogP contribution in [-0.2, 0) is 0 Å². The minimum Gasteiger partial charge on any atom is -0.357 e. The molecule has 1 saturated carbocycles. The molecule has 3 rings (SSSR count). The van der Waals surface area contributed by atoms with Gasteiger partial charge in [-0.2, -0.15) is 0 Å². The van der Waals surface area contributed by atoms with Crippen molar-refractivity contribution in [2.75, 3.05) is 46.3 Å². The molecule has 0 aromatic rings. The van der Waals surface area contributed by atoms with Crippen LogP contribution in [0.1, 0.15) is 71.1 Å². The summed E-state index contributed by atoms with van der Waals surface area (Å²) in [4.78, 5) is 10.4. The second-order valence-corrected chi connectivity index (χ2v) is 8.75. The van der Waals surface area contributed by atoms with Crippen LogP contribution >= 0.6 is 24.0 Å². The van der Waals surface area contributed by atoms with Crippen LogP contribution in [0.4, 0.5) is 0 Å². The quantitative estimate of drug-likeness (QED) is 0.351. The van der Waals surface area contributed by atoms with Gasteiger partial charge in [-0.25, -0.2) is 0 Å². The number of piperidine rings is 2. The summed E-state index contributed by atoms with van der Waals surface area (Å²) in [5.74, 6) is 1.05. The van der Waals surface area contributed by atoms with E-state index in [1.807, 2.05) is 0 Å². The largest absolute Gasteiger partial charge is 0.357 e. The van der Waals surface area contributed by atoms with Gasteiger partial charge in [0.2, 0.25) is 0 Å². The Morgan fingerprint density at radius 1 is 0.963 bits per heavy atom. The third kappa shape index (κ3) is 6.74. The highest BCUT2D eigenvalue weighted by Gasteiger charge is 2.39. The second-order valence-electron chi connectivity index (χ2n) is 8.75. The standard InChI is InChI=1S/C21H41N5.HI/c1-3-22-20(24-19-10-6-4-7-11-19)23-18-21(12-16-25(2)17-13-21)26-14-8-5-9-15-26;/h19H,3-18H2,1-2H3,(H2,22,23,24);1H. The summed E-state index contributed by atoms with van der Waals surface area (Å²) in [5.41, 5.74) is 0.280. The molecule has 2 N–H and O–H groups in total. The van der Waals surface area contributed by atoms with Gasteiger partial charge in [0.25, 0.3) is 0 Å². The molecule has 2 saturated heterocycles. The number of aliphatic imine (C=N–C) groups is 1. The number of hydrogen-bond acceptors (Lipinski definition) is 3. The maximum absolute atomic E-state index is 5.14. The number of nitrogens with one attached hydrogen (secondary N) is 2. The normalized spacial score (nSPS) is 25.6. The zero-order valence-corrected chi connectivity index (χ0v) is 20.0. The Hall–Kier alpha value is -0.0800. The summed E-state index contributed by atoms with van der Waals surface area (Å²) in [6.07, 6.45) is 13.4. The van der Waals surface area contributed by atoms with Gasteiger partial charge < -0.3 is 15.5 Å². The summed E-state index contributed by atoms with van der Waals surface area (Å²) in [6, 6.07) is 0.616. The van der Waals surface area contributed by atoms with Crippen molar-refractivity contribution in [3.05, 3.63) is 0 Å². The second kappa shape index (κ2) is 11.8. The summed E-state index contributed by atoms with van der Waals surface area (Å²) in [7, 11) is 2.26. The van der Waals surface area contributed by atoms with E-state index in [1.54, 1.807) is 0 Å². The lowest BCUT2D eigenvalue weighted by atomic mass is 9.84. The smallest absolute Gasteiger partial charge is 0.191 e. The predicted octanol–water partition coefficient (Wildman–Crippen LogP) is 3.44. The van der Waals surface area contributed by atoms with Crippen LogP contribution in [0, 0.1) is 0 Å². The minimum atomic E-state index is 0. The van der Waals surface area contributed by atoms with Gasteiger partial charge >= 0.3 is 0 Å². The average molecular weight is 492 g/mol. The molecule has 0 aromatic heterocycles. The molecule has 3 fully saturated rings. The van der Waals surface area contributed by atoms with Gasteiger partial charge in [0.15, 0.2) is 5.96 Å². The minimum absolute atomic E-state index is 0. The molecular formula is C21H42IN5. The molecule has 0 spiro atoms. The SMILES string of the molecule is CCNC(=NCC1(N2CCCCC2)CCN(C)CC1)NC1CCCCC1.I. The van der Waals surface area contributed by atoms with Crippen molar-refractivity contribution in [2.24, 2.45) is 4.99 Å². The van der Waals surface area contributed by atoms with Crippen LogP contribution in [0.15, 0.2) is 4.99 Å². The van der Waals surface area contributed by atoms with E-state index in [0.29, 0.717) is 6.04 Å². The maximum atomic E-state index is 5.14. The molecule has 1 aliphatic carbocycles. The molecule has 5 nitrogen and oxygen atoms in total. The van der Waals surface area contributed by atoms with Crippen molar-refractivity contribution < 1.29 is 0 Å². The molecule has 0 radical (unpaired) electrons. The van der Waals surface area contributed by atoms with E-state index in [9.17, 15) is 0 Å². The van der Waals surface area contributed by atoms with Crippen molar-refractivity contribution >= 4 is 29.9 Å². The molecule has 6 heteroatoms. The van der Waals surface area contributed by atoms with Crippen LogP contribution in [-0.4, -0.2) is 73.7 Å². The lowest BCUT2D eigenvalue weighted by molar-refractivity contribution is 0.0208. The molecule has 0 unspecified atom stereocenters. The van der Waals surface area contributed by atoms with E-state index < -0.39 is 0 Å². The van der Waals surface area contributed by atoms with Crippen molar-refractivity contribution in [3.8, 4) is 0 Å². The van der Waals surface area contributed by atoms with E-state index in [1.165, 1.54) is 90.4 Å². The lowest BCUT2D eigenvalue weighted by Crippen LogP contribution is -2.58. The van der Waals surface area contributed by atoms with E-state index in [4.69, 9.17) is 4.99 Å². The molecule has 2 aliphatic heterocycles. The Kier molecular flexibility index (Phi) is 10.1. The number of hydrogen-bond donors (Lipinski definition) is 2. The Labute approximate surface area is 184 Å². The first kappa shape index (κ1) is 23.2. The molecule has 158 valence electrons. The van der Waals surface area contributed by atoms with E-state index >= 15 is 0 Å². The van der Waals surface area contributed by atoms with E-state index in [-0.39, 0.29) is 29.5 Å². The Bertz CT molecular complexity index is 436. The summed E-state index contributed by atoms with van der Waals surface area (Å²) < 4.78 is 0. The fourth-order valence-electron chi connectivity index (χ4n) is 4.96. The molecule has 0 bridgehead atoms. The monoisotopic (exact) mass is 491 g/mol. The Morgan fingerprint density at radius 2 is 1.59 bits per heavy atom. The van der Waals surface area contributed by atoms with Crippen molar-refractivity contribution in [1.29, 1.82) is 0 Å². The van der Waals surface area contributed by atoms with E-state index in [2.05, 4.69) is 34.4 Å². The van der Waals surface area contributed by atoms with Crippen molar-refractivity contribution in [3.63, 3.8) is 0 Å². The van der Waals surface area contributed by atoms with Gasteiger partial charge in [-0.15, -0.1) is 24.0 Å². The van der Waals surface area contributed by atoms with Gasteiger partial charge in [-0.05, 0) is 78.7 Å². The number of halogens is 1. The Morgan fingerprint density at radius 3 is 2.22 bits per heavy atom. The highest BCUT2D eigenvalue weighted by atomic mass is 127. The van der Waals surface area contributed by atoms with Gasteiger partial charge in [-0.3, -0.25) is 9.89 Å². The van der Waals surface area contributed by atoms with Gasteiger partial charge in [-0.1, -0.05) is 25.7 Å². The molecular weight excluding hydrogens is 449 g/mol. The topological polar surface area (TPSA) is 42.9 Å². The fourth-order valence-corrected chi connectivity index (χ4v) is 4.96. The van der Waals surface area contributed by atoms with Crippen LogP contribution < -0.4 is 10.6 Å². The highest BCUT2D eigenvalue weighted by molar-refractivity contribution is 14.0. The Balaban J connectivity index is 0.00000261. The maximum Gasteiger partial charge on any atom is 0.191 e. The van der Waals surface area contributed by atoms with E-state index in [0.717, 1.165) is 19.0 Å².